The second-order valence-corrected chi connectivity index (χ2v) is 9.74. The number of phenolic OH excluding ortho intramolecular Hbond substituents is 1. The smallest absolute Gasteiger partial charge is 0.160 e. The van der Waals surface area contributed by atoms with Gasteiger partial charge >= 0.3 is 0 Å². The Morgan fingerprint density at radius 3 is 2.41 bits per heavy atom. The van der Waals surface area contributed by atoms with Crippen LogP contribution in [0, 0.1) is 17.1 Å². The summed E-state index contributed by atoms with van der Waals surface area (Å²) in [6.45, 7) is 1.53. The molecular weight excluding hydrogens is 471 g/mol. The van der Waals surface area contributed by atoms with E-state index >= 15 is 0 Å². The van der Waals surface area contributed by atoms with Crippen molar-refractivity contribution in [2.24, 2.45) is 5.73 Å². The standard InChI is InChI=1S/C29H31FN4O3/c1-36-25-9-8-18(15-24(25)35)28-26(37-22-4-2-3-5-22)16-27(34-12-10-21(32)11-13-34)33-29(28)19-6-7-20(17-31)23(30)14-19/h6-9,14-16,21-22,35H,2-5,10-13,32H2,1H3. The number of nitrogens with two attached hydrogens (primary N) is 1. The van der Waals surface area contributed by atoms with E-state index in [1.807, 2.05) is 18.2 Å². The fourth-order valence-corrected chi connectivity index (χ4v) is 5.16. The van der Waals surface area contributed by atoms with Crippen LogP contribution in [0.1, 0.15) is 44.1 Å². The molecule has 0 bridgehead atoms. The van der Waals surface area contributed by atoms with Crippen molar-refractivity contribution in [2.75, 3.05) is 25.1 Å². The minimum Gasteiger partial charge on any atom is -0.504 e. The Bertz CT molecular complexity index is 1330. The van der Waals surface area contributed by atoms with Gasteiger partial charge in [0.2, 0.25) is 0 Å². The van der Waals surface area contributed by atoms with E-state index in [0.717, 1.165) is 57.4 Å². The Labute approximate surface area is 216 Å². The molecule has 1 aliphatic heterocycles. The maximum absolute atomic E-state index is 14.8. The van der Waals surface area contributed by atoms with Crippen LogP contribution in [0.5, 0.6) is 17.2 Å². The summed E-state index contributed by atoms with van der Waals surface area (Å²) in [4.78, 5) is 7.20. The topological polar surface area (TPSA) is 105 Å². The van der Waals surface area contributed by atoms with Gasteiger partial charge in [-0.1, -0.05) is 12.1 Å². The molecule has 1 aliphatic carbocycles. The van der Waals surface area contributed by atoms with Crippen LogP contribution in [-0.2, 0) is 0 Å². The molecule has 0 unspecified atom stereocenters. The number of nitrogens with zero attached hydrogens (tertiary/aromatic N) is 3. The molecule has 3 aromatic rings. The molecule has 2 aromatic carbocycles. The Morgan fingerprint density at radius 1 is 1.03 bits per heavy atom. The van der Waals surface area contributed by atoms with Gasteiger partial charge in [-0.15, -0.1) is 0 Å². The zero-order valence-corrected chi connectivity index (χ0v) is 20.9. The molecule has 2 aliphatic rings. The van der Waals surface area contributed by atoms with Gasteiger partial charge in [-0.25, -0.2) is 9.37 Å². The van der Waals surface area contributed by atoms with Crippen LogP contribution < -0.4 is 20.1 Å². The van der Waals surface area contributed by atoms with Gasteiger partial charge in [0.15, 0.2) is 11.5 Å². The lowest BCUT2D eigenvalue weighted by molar-refractivity contribution is 0.211. The Hall–Kier alpha value is -3.83. The van der Waals surface area contributed by atoms with Crippen molar-refractivity contribution < 1.29 is 19.0 Å². The first-order valence-electron chi connectivity index (χ1n) is 12.8. The molecule has 7 nitrogen and oxygen atoms in total. The molecule has 0 radical (unpaired) electrons. The minimum atomic E-state index is -0.613. The fraction of sp³-hybridized carbons (Fsp3) is 0.379. The SMILES string of the molecule is COc1ccc(-c2c(OC3CCCC3)cc(N3CCC(N)CC3)nc2-c2ccc(C#N)c(F)c2)cc1O. The van der Waals surface area contributed by atoms with Crippen molar-refractivity contribution in [1.82, 2.24) is 4.98 Å². The molecule has 2 fully saturated rings. The number of methoxy groups -OCH3 is 1. The van der Waals surface area contributed by atoms with Crippen molar-refractivity contribution >= 4 is 5.82 Å². The highest BCUT2D eigenvalue weighted by Gasteiger charge is 2.26. The molecule has 5 rings (SSSR count). The highest BCUT2D eigenvalue weighted by molar-refractivity contribution is 5.87. The molecule has 0 amide bonds. The number of hydrogen-bond donors (Lipinski definition) is 2. The molecule has 37 heavy (non-hydrogen) atoms. The summed E-state index contributed by atoms with van der Waals surface area (Å²) < 4.78 is 26.6. The van der Waals surface area contributed by atoms with E-state index in [9.17, 15) is 14.8 Å². The molecule has 0 atom stereocenters. The van der Waals surface area contributed by atoms with Crippen LogP contribution in [-0.4, -0.2) is 42.4 Å². The normalized spacial score (nSPS) is 16.5. The summed E-state index contributed by atoms with van der Waals surface area (Å²) in [6, 6.07) is 13.6. The predicted molar refractivity (Wildman–Crippen MR) is 140 cm³/mol. The number of aromatic nitrogens is 1. The molecule has 2 heterocycles. The van der Waals surface area contributed by atoms with Crippen molar-refractivity contribution in [3.8, 4) is 45.7 Å². The van der Waals surface area contributed by atoms with Gasteiger partial charge in [-0.05, 0) is 68.4 Å². The summed E-state index contributed by atoms with van der Waals surface area (Å²) in [5, 5.41) is 19.8. The quantitative estimate of drug-likeness (QED) is 0.466. The number of rotatable bonds is 6. The highest BCUT2D eigenvalue weighted by atomic mass is 19.1. The summed E-state index contributed by atoms with van der Waals surface area (Å²) >= 11 is 0. The number of aromatic hydroxyl groups is 1. The van der Waals surface area contributed by atoms with E-state index in [0.29, 0.717) is 33.9 Å². The Kier molecular flexibility index (Phi) is 7.15. The van der Waals surface area contributed by atoms with Crippen LogP contribution in [0.2, 0.25) is 0 Å². The van der Waals surface area contributed by atoms with Crippen molar-refractivity contribution in [3.63, 3.8) is 0 Å². The van der Waals surface area contributed by atoms with Gasteiger partial charge in [-0.2, -0.15) is 5.26 Å². The third-order valence-electron chi connectivity index (χ3n) is 7.26. The monoisotopic (exact) mass is 502 g/mol. The molecule has 8 heteroatoms. The van der Waals surface area contributed by atoms with Crippen molar-refractivity contribution in [1.29, 1.82) is 5.26 Å². The van der Waals surface area contributed by atoms with Crippen LogP contribution in [0.25, 0.3) is 22.4 Å². The summed E-state index contributed by atoms with van der Waals surface area (Å²) in [7, 11) is 1.50. The summed E-state index contributed by atoms with van der Waals surface area (Å²) in [5.41, 5.74) is 8.49. The zero-order valence-electron chi connectivity index (χ0n) is 20.9. The number of pyridine rings is 1. The van der Waals surface area contributed by atoms with E-state index in [2.05, 4.69) is 4.90 Å². The lowest BCUT2D eigenvalue weighted by Gasteiger charge is -2.32. The maximum Gasteiger partial charge on any atom is 0.160 e. The van der Waals surface area contributed by atoms with E-state index in [1.54, 1.807) is 18.2 Å². The summed E-state index contributed by atoms with van der Waals surface area (Å²) in [6.07, 6.45) is 5.93. The first-order chi connectivity index (χ1) is 18.0. The van der Waals surface area contributed by atoms with Gasteiger partial charge < -0.3 is 25.2 Å². The largest absolute Gasteiger partial charge is 0.504 e. The zero-order chi connectivity index (χ0) is 25.9. The van der Waals surface area contributed by atoms with Crippen LogP contribution in [0.4, 0.5) is 10.2 Å². The van der Waals surface area contributed by atoms with E-state index < -0.39 is 5.82 Å². The van der Waals surface area contributed by atoms with Crippen LogP contribution in [0.15, 0.2) is 42.5 Å². The third kappa shape index (κ3) is 5.18. The molecule has 0 spiro atoms. The first-order valence-corrected chi connectivity index (χ1v) is 12.8. The average molecular weight is 503 g/mol. The molecular formula is C29H31FN4O3. The highest BCUT2D eigenvalue weighted by Crippen LogP contribution is 2.44. The van der Waals surface area contributed by atoms with E-state index in [-0.39, 0.29) is 23.5 Å². The Balaban J connectivity index is 1.72. The summed E-state index contributed by atoms with van der Waals surface area (Å²) in [5.74, 6) is 1.09. The molecule has 1 aromatic heterocycles. The van der Waals surface area contributed by atoms with Crippen molar-refractivity contribution in [3.05, 3.63) is 53.8 Å². The predicted octanol–water partition coefficient (Wildman–Crippen LogP) is 5.39. The molecule has 1 saturated carbocycles. The molecule has 1 saturated heterocycles. The third-order valence-corrected chi connectivity index (χ3v) is 7.26. The Morgan fingerprint density at radius 2 is 1.76 bits per heavy atom. The molecule has 3 N–H and O–H groups in total. The lowest BCUT2D eigenvalue weighted by atomic mass is 9.96. The number of anilines is 1. The van der Waals surface area contributed by atoms with Gasteiger partial charge in [0.05, 0.1) is 30.0 Å². The van der Waals surface area contributed by atoms with Gasteiger partial charge in [0.25, 0.3) is 0 Å². The number of nitriles is 1. The molecule has 192 valence electrons. The number of hydrogen-bond acceptors (Lipinski definition) is 7. The number of ether oxygens (including phenoxy) is 2. The average Bonchev–Trinajstić information content (AvgIpc) is 3.41. The van der Waals surface area contributed by atoms with Crippen LogP contribution in [0.3, 0.4) is 0 Å². The van der Waals surface area contributed by atoms with Crippen LogP contribution >= 0.6 is 0 Å². The van der Waals surface area contributed by atoms with Gasteiger partial charge in [-0.3, -0.25) is 0 Å². The lowest BCUT2D eigenvalue weighted by Crippen LogP contribution is -2.40. The number of phenols is 1. The fourth-order valence-electron chi connectivity index (χ4n) is 5.16. The van der Waals surface area contributed by atoms with Gasteiger partial charge in [0, 0.05) is 30.8 Å². The van der Waals surface area contributed by atoms with E-state index in [4.69, 9.17) is 20.2 Å². The van der Waals surface area contributed by atoms with Crippen molar-refractivity contribution in [2.45, 2.75) is 50.7 Å². The second-order valence-electron chi connectivity index (χ2n) is 9.74. The number of benzene rings is 2. The maximum atomic E-state index is 14.8. The number of piperidine rings is 1. The van der Waals surface area contributed by atoms with Gasteiger partial charge in [0.1, 0.15) is 23.5 Å². The minimum absolute atomic E-state index is 0.0159. The van der Waals surface area contributed by atoms with E-state index in [1.165, 1.54) is 19.2 Å². The number of halogens is 1. The second kappa shape index (κ2) is 10.7. The first kappa shape index (κ1) is 24.8.